The van der Waals surface area contributed by atoms with Crippen LogP contribution >= 0.6 is 0 Å². The molecule has 1 aromatic carbocycles. The molecule has 4 aliphatic carbocycles. The highest BCUT2D eigenvalue weighted by atomic mass is 15.4. The Morgan fingerprint density at radius 2 is 1.60 bits per heavy atom. The van der Waals surface area contributed by atoms with Gasteiger partial charge in [-0.15, -0.1) is 0 Å². The van der Waals surface area contributed by atoms with Gasteiger partial charge in [0, 0.05) is 17.8 Å². The van der Waals surface area contributed by atoms with Crippen LogP contribution in [-0.2, 0) is 6.54 Å². The fraction of sp³-hybridized carbons (Fsp3) is 0.647. The predicted octanol–water partition coefficient (Wildman–Crippen LogP) is 2.83. The molecule has 20 heavy (non-hydrogen) atoms. The molecule has 0 spiro atoms. The number of nitrogen functional groups attached to an aromatic ring is 1. The van der Waals surface area contributed by atoms with Crippen LogP contribution in [0.2, 0.25) is 0 Å². The molecule has 0 aromatic heterocycles. The molecular weight excluding hydrogens is 246 g/mol. The van der Waals surface area contributed by atoms with E-state index in [0.29, 0.717) is 5.54 Å². The minimum Gasteiger partial charge on any atom is -0.398 e. The zero-order valence-electron chi connectivity index (χ0n) is 12.1. The second kappa shape index (κ2) is 4.74. The Labute approximate surface area is 121 Å². The van der Waals surface area contributed by atoms with E-state index >= 15 is 0 Å². The topological polar surface area (TPSA) is 50.1 Å². The number of nitrogens with one attached hydrogen (secondary N) is 2. The van der Waals surface area contributed by atoms with Gasteiger partial charge < -0.3 is 5.73 Å². The van der Waals surface area contributed by atoms with Crippen LogP contribution in [0.15, 0.2) is 24.3 Å². The van der Waals surface area contributed by atoms with Gasteiger partial charge in [-0.25, -0.2) is 0 Å². The fourth-order valence-electron chi connectivity index (χ4n) is 5.29. The number of para-hydroxylation sites is 1. The van der Waals surface area contributed by atoms with Gasteiger partial charge in [0.1, 0.15) is 0 Å². The van der Waals surface area contributed by atoms with E-state index in [4.69, 9.17) is 5.73 Å². The quantitative estimate of drug-likeness (QED) is 0.583. The minimum absolute atomic E-state index is 0.373. The summed E-state index contributed by atoms with van der Waals surface area (Å²) in [6.45, 7) is 0.814. The summed E-state index contributed by atoms with van der Waals surface area (Å²) in [5, 5.41) is 0. The van der Waals surface area contributed by atoms with Crippen LogP contribution in [0.25, 0.3) is 0 Å². The van der Waals surface area contributed by atoms with Gasteiger partial charge in [0.15, 0.2) is 0 Å². The largest absolute Gasteiger partial charge is 0.398 e. The van der Waals surface area contributed by atoms with Crippen LogP contribution in [0.4, 0.5) is 5.69 Å². The molecule has 5 rings (SSSR count). The van der Waals surface area contributed by atoms with Crippen molar-refractivity contribution in [2.75, 3.05) is 5.73 Å². The van der Waals surface area contributed by atoms with Crippen molar-refractivity contribution in [2.24, 2.45) is 17.8 Å². The molecule has 0 unspecified atom stereocenters. The van der Waals surface area contributed by atoms with Crippen molar-refractivity contribution in [3.63, 3.8) is 0 Å². The monoisotopic (exact) mass is 271 g/mol. The van der Waals surface area contributed by atoms with Gasteiger partial charge >= 0.3 is 0 Å². The minimum atomic E-state index is 0.373. The standard InChI is InChI=1S/C17H25N3/c18-16-4-2-1-3-15(16)11-19-20-17-8-12-5-13(9-17)7-14(6-12)10-17/h1-4,12-14,19-20H,5-11,18H2. The Bertz CT molecular complexity index is 461. The number of hydrogen-bond acceptors (Lipinski definition) is 3. The average Bonchev–Trinajstić information content (AvgIpc) is 2.39. The molecule has 0 atom stereocenters. The molecule has 0 aliphatic heterocycles. The Morgan fingerprint density at radius 1 is 1.00 bits per heavy atom. The van der Waals surface area contributed by atoms with E-state index in [0.717, 1.165) is 30.0 Å². The summed E-state index contributed by atoms with van der Waals surface area (Å²) in [5.74, 6) is 2.95. The number of anilines is 1. The highest BCUT2D eigenvalue weighted by Crippen LogP contribution is 2.55. The lowest BCUT2D eigenvalue weighted by Gasteiger charge is -2.57. The van der Waals surface area contributed by atoms with Crippen molar-refractivity contribution in [3.8, 4) is 0 Å². The molecule has 0 radical (unpaired) electrons. The molecule has 0 amide bonds. The maximum atomic E-state index is 6.00. The first-order chi connectivity index (χ1) is 9.72. The normalized spacial score (nSPS) is 38.3. The first kappa shape index (κ1) is 12.7. The van der Waals surface area contributed by atoms with Crippen molar-refractivity contribution in [1.82, 2.24) is 10.9 Å². The van der Waals surface area contributed by atoms with E-state index in [-0.39, 0.29) is 0 Å². The van der Waals surface area contributed by atoms with Crippen LogP contribution in [0.5, 0.6) is 0 Å². The number of hydrogen-bond donors (Lipinski definition) is 3. The third kappa shape index (κ3) is 2.23. The molecule has 1 aromatic rings. The van der Waals surface area contributed by atoms with E-state index in [2.05, 4.69) is 23.0 Å². The highest BCUT2D eigenvalue weighted by Gasteiger charge is 2.50. The summed E-state index contributed by atoms with van der Waals surface area (Å²) >= 11 is 0. The van der Waals surface area contributed by atoms with Gasteiger partial charge in [-0.1, -0.05) is 18.2 Å². The van der Waals surface area contributed by atoms with Crippen LogP contribution in [0.3, 0.4) is 0 Å². The lowest BCUT2D eigenvalue weighted by molar-refractivity contribution is -0.0271. The summed E-state index contributed by atoms with van der Waals surface area (Å²) in [4.78, 5) is 0. The summed E-state index contributed by atoms with van der Waals surface area (Å²) in [6.07, 6.45) is 8.59. The maximum Gasteiger partial charge on any atom is 0.0371 e. The lowest BCUT2D eigenvalue weighted by atomic mass is 9.53. The summed E-state index contributed by atoms with van der Waals surface area (Å²) in [6, 6.07) is 8.12. The predicted molar refractivity (Wildman–Crippen MR) is 81.7 cm³/mol. The average molecular weight is 271 g/mol. The lowest BCUT2D eigenvalue weighted by Crippen LogP contribution is -2.61. The number of nitrogens with two attached hydrogens (primary N) is 1. The van der Waals surface area contributed by atoms with Crippen molar-refractivity contribution < 1.29 is 0 Å². The first-order valence-corrected chi connectivity index (χ1v) is 8.06. The molecule has 3 nitrogen and oxygen atoms in total. The zero-order chi connectivity index (χ0) is 13.6. The molecule has 4 saturated carbocycles. The summed E-state index contributed by atoms with van der Waals surface area (Å²) < 4.78 is 0. The molecule has 4 bridgehead atoms. The molecule has 4 fully saturated rings. The van der Waals surface area contributed by atoms with E-state index < -0.39 is 0 Å². The van der Waals surface area contributed by atoms with E-state index in [1.54, 1.807) is 0 Å². The number of rotatable bonds is 4. The van der Waals surface area contributed by atoms with E-state index in [9.17, 15) is 0 Å². The zero-order valence-corrected chi connectivity index (χ0v) is 12.1. The van der Waals surface area contributed by atoms with Crippen molar-refractivity contribution >= 4 is 5.69 Å². The summed E-state index contributed by atoms with van der Waals surface area (Å²) in [7, 11) is 0. The van der Waals surface area contributed by atoms with Gasteiger partial charge in [0.25, 0.3) is 0 Å². The van der Waals surface area contributed by atoms with Gasteiger partial charge in [-0.05, 0) is 67.9 Å². The molecular formula is C17H25N3. The second-order valence-corrected chi connectivity index (χ2v) is 7.38. The molecule has 108 valence electrons. The first-order valence-electron chi connectivity index (χ1n) is 8.06. The van der Waals surface area contributed by atoms with Crippen LogP contribution in [0.1, 0.15) is 44.1 Å². The van der Waals surface area contributed by atoms with Crippen LogP contribution in [0, 0.1) is 17.8 Å². The van der Waals surface area contributed by atoms with Crippen LogP contribution in [-0.4, -0.2) is 5.54 Å². The molecule has 0 heterocycles. The summed E-state index contributed by atoms with van der Waals surface area (Å²) in [5.41, 5.74) is 15.6. The van der Waals surface area contributed by atoms with Gasteiger partial charge in [-0.2, -0.15) is 0 Å². The SMILES string of the molecule is Nc1ccccc1CNNC12CC3CC(CC(C3)C1)C2. The third-order valence-corrected chi connectivity index (χ3v) is 5.73. The fourth-order valence-corrected chi connectivity index (χ4v) is 5.29. The van der Waals surface area contributed by atoms with Crippen molar-refractivity contribution in [1.29, 1.82) is 0 Å². The second-order valence-electron chi connectivity index (χ2n) is 7.38. The Hall–Kier alpha value is -1.06. The van der Waals surface area contributed by atoms with Gasteiger partial charge in [0.05, 0.1) is 0 Å². The molecule has 4 N–H and O–H groups in total. The molecule has 4 aliphatic rings. The number of hydrazine groups is 1. The van der Waals surface area contributed by atoms with Gasteiger partial charge in [0.2, 0.25) is 0 Å². The van der Waals surface area contributed by atoms with Crippen molar-refractivity contribution in [3.05, 3.63) is 29.8 Å². The smallest absolute Gasteiger partial charge is 0.0371 e. The number of benzene rings is 1. The molecule has 3 heteroatoms. The van der Waals surface area contributed by atoms with Crippen molar-refractivity contribution in [2.45, 2.75) is 50.6 Å². The van der Waals surface area contributed by atoms with E-state index in [1.165, 1.54) is 44.1 Å². The third-order valence-electron chi connectivity index (χ3n) is 5.73. The maximum absolute atomic E-state index is 6.00. The van der Waals surface area contributed by atoms with Gasteiger partial charge in [-0.3, -0.25) is 10.9 Å². The Kier molecular flexibility index (Phi) is 3.00. The van der Waals surface area contributed by atoms with Crippen LogP contribution < -0.4 is 16.6 Å². The molecule has 0 saturated heterocycles. The van der Waals surface area contributed by atoms with E-state index in [1.807, 2.05) is 12.1 Å². The Morgan fingerprint density at radius 3 is 2.20 bits per heavy atom. The highest BCUT2D eigenvalue weighted by molar-refractivity contribution is 5.46. The Balaban J connectivity index is 1.39.